The highest BCUT2D eigenvalue weighted by Crippen LogP contribution is 2.22. The first-order valence-corrected chi connectivity index (χ1v) is 5.63. The maximum atomic E-state index is 5.80. The van der Waals surface area contributed by atoms with Gasteiger partial charge in [-0.25, -0.2) is 0 Å². The predicted octanol–water partition coefficient (Wildman–Crippen LogP) is 2.58. The first-order chi connectivity index (χ1) is 7.38. The van der Waals surface area contributed by atoms with E-state index in [0.717, 1.165) is 11.4 Å². The third kappa shape index (κ3) is 2.93. The zero-order chi connectivity index (χ0) is 10.5. The van der Waals surface area contributed by atoms with Gasteiger partial charge in [0.25, 0.3) is 0 Å². The number of anilines is 1. The Morgan fingerprint density at radius 1 is 1.47 bits per heavy atom. The zero-order valence-electron chi connectivity index (χ0n) is 9.20. The van der Waals surface area contributed by atoms with Crippen LogP contribution in [0.25, 0.3) is 0 Å². The number of rotatable bonds is 4. The second kappa shape index (κ2) is 5.12. The van der Waals surface area contributed by atoms with Gasteiger partial charge in [0.15, 0.2) is 0 Å². The Labute approximate surface area is 90.9 Å². The molecule has 0 spiro atoms. The molecule has 0 atom stereocenters. The minimum absolute atomic E-state index is 0.463. The molecule has 82 valence electrons. The third-order valence-corrected chi connectivity index (χ3v) is 2.87. The lowest BCUT2D eigenvalue weighted by Crippen LogP contribution is -2.08. The summed E-state index contributed by atoms with van der Waals surface area (Å²) in [6.07, 6.45) is 7.34. The van der Waals surface area contributed by atoms with Crippen LogP contribution in [0.3, 0.4) is 0 Å². The summed E-state index contributed by atoms with van der Waals surface area (Å²) in [6, 6.07) is 3.99. The second-order valence-corrected chi connectivity index (χ2v) is 4.00. The maximum Gasteiger partial charge on any atom is 0.0892 e. The standard InChI is InChI=1S/C12H18N2O/c1-13-10-6-7-14-11(8-10)9-15-12-4-2-3-5-12/h6-8,12H,2-5,9H2,1H3,(H,13,14). The van der Waals surface area contributed by atoms with Crippen LogP contribution in [0.4, 0.5) is 5.69 Å². The average molecular weight is 206 g/mol. The third-order valence-electron chi connectivity index (χ3n) is 2.87. The van der Waals surface area contributed by atoms with E-state index in [9.17, 15) is 0 Å². The van der Waals surface area contributed by atoms with Crippen molar-refractivity contribution in [2.75, 3.05) is 12.4 Å². The molecule has 1 saturated carbocycles. The van der Waals surface area contributed by atoms with E-state index in [4.69, 9.17) is 4.74 Å². The molecule has 1 aromatic heterocycles. The van der Waals surface area contributed by atoms with Crippen LogP contribution in [-0.2, 0) is 11.3 Å². The molecule has 0 radical (unpaired) electrons. The van der Waals surface area contributed by atoms with Crippen molar-refractivity contribution in [1.29, 1.82) is 0 Å². The highest BCUT2D eigenvalue weighted by molar-refractivity contribution is 5.42. The number of nitrogens with one attached hydrogen (secondary N) is 1. The number of nitrogens with zero attached hydrogens (tertiary/aromatic N) is 1. The smallest absolute Gasteiger partial charge is 0.0892 e. The van der Waals surface area contributed by atoms with Gasteiger partial charge in [-0.2, -0.15) is 0 Å². The SMILES string of the molecule is CNc1ccnc(COC2CCCC2)c1. The van der Waals surface area contributed by atoms with E-state index < -0.39 is 0 Å². The fourth-order valence-corrected chi connectivity index (χ4v) is 1.97. The molecular formula is C12H18N2O. The van der Waals surface area contributed by atoms with E-state index in [1.165, 1.54) is 25.7 Å². The lowest BCUT2D eigenvalue weighted by Gasteiger charge is -2.10. The number of aromatic nitrogens is 1. The lowest BCUT2D eigenvalue weighted by molar-refractivity contribution is 0.0438. The molecule has 0 saturated heterocycles. The second-order valence-electron chi connectivity index (χ2n) is 4.00. The normalized spacial score (nSPS) is 16.9. The van der Waals surface area contributed by atoms with Crippen molar-refractivity contribution < 1.29 is 4.74 Å². The molecule has 0 aliphatic heterocycles. The molecule has 0 bridgehead atoms. The van der Waals surface area contributed by atoms with Crippen LogP contribution in [0.2, 0.25) is 0 Å². The highest BCUT2D eigenvalue weighted by Gasteiger charge is 2.15. The van der Waals surface area contributed by atoms with E-state index in [1.54, 1.807) is 0 Å². The summed E-state index contributed by atoms with van der Waals surface area (Å²) in [5.74, 6) is 0. The fourth-order valence-electron chi connectivity index (χ4n) is 1.97. The first-order valence-electron chi connectivity index (χ1n) is 5.63. The molecule has 0 amide bonds. The molecule has 1 heterocycles. The molecule has 1 aliphatic carbocycles. The van der Waals surface area contributed by atoms with Crippen LogP contribution in [0.5, 0.6) is 0 Å². The van der Waals surface area contributed by atoms with Crippen LogP contribution in [-0.4, -0.2) is 18.1 Å². The van der Waals surface area contributed by atoms with E-state index in [1.807, 2.05) is 25.4 Å². The Bertz CT molecular complexity index is 308. The van der Waals surface area contributed by atoms with Crippen LogP contribution < -0.4 is 5.32 Å². The summed E-state index contributed by atoms with van der Waals surface area (Å²) in [5, 5.41) is 3.10. The number of hydrogen-bond acceptors (Lipinski definition) is 3. The largest absolute Gasteiger partial charge is 0.388 e. The van der Waals surface area contributed by atoms with Crippen molar-refractivity contribution in [3.63, 3.8) is 0 Å². The van der Waals surface area contributed by atoms with Gasteiger partial charge in [0.2, 0.25) is 0 Å². The first kappa shape index (κ1) is 10.4. The Balaban J connectivity index is 1.86. The highest BCUT2D eigenvalue weighted by atomic mass is 16.5. The van der Waals surface area contributed by atoms with Crippen LogP contribution in [0, 0.1) is 0 Å². The van der Waals surface area contributed by atoms with E-state index in [-0.39, 0.29) is 0 Å². The molecule has 1 fully saturated rings. The van der Waals surface area contributed by atoms with Crippen molar-refractivity contribution in [2.24, 2.45) is 0 Å². The van der Waals surface area contributed by atoms with Crippen molar-refractivity contribution in [1.82, 2.24) is 4.98 Å². The van der Waals surface area contributed by atoms with Gasteiger partial charge < -0.3 is 10.1 Å². The molecule has 1 aliphatic rings. The van der Waals surface area contributed by atoms with E-state index in [2.05, 4.69) is 10.3 Å². The van der Waals surface area contributed by atoms with Gasteiger partial charge in [0, 0.05) is 18.9 Å². The summed E-state index contributed by atoms with van der Waals surface area (Å²) < 4.78 is 5.80. The monoisotopic (exact) mass is 206 g/mol. The fraction of sp³-hybridized carbons (Fsp3) is 0.583. The lowest BCUT2D eigenvalue weighted by atomic mass is 10.3. The van der Waals surface area contributed by atoms with E-state index in [0.29, 0.717) is 12.7 Å². The van der Waals surface area contributed by atoms with E-state index >= 15 is 0 Å². The molecule has 1 N–H and O–H groups in total. The Kier molecular flexibility index (Phi) is 3.56. The number of hydrogen-bond donors (Lipinski definition) is 1. The molecule has 3 nitrogen and oxygen atoms in total. The molecule has 1 aromatic rings. The number of pyridine rings is 1. The van der Waals surface area contributed by atoms with Gasteiger partial charge >= 0.3 is 0 Å². The molecule has 2 rings (SSSR count). The van der Waals surface area contributed by atoms with Gasteiger partial charge in [-0.1, -0.05) is 12.8 Å². The summed E-state index contributed by atoms with van der Waals surface area (Å²) in [7, 11) is 1.91. The minimum Gasteiger partial charge on any atom is -0.388 e. The Morgan fingerprint density at radius 2 is 2.27 bits per heavy atom. The van der Waals surface area contributed by atoms with Crippen molar-refractivity contribution in [3.8, 4) is 0 Å². The summed E-state index contributed by atoms with van der Waals surface area (Å²) in [6.45, 7) is 0.639. The molecular weight excluding hydrogens is 188 g/mol. The van der Waals surface area contributed by atoms with Gasteiger partial charge in [-0.05, 0) is 25.0 Å². The Morgan fingerprint density at radius 3 is 3.00 bits per heavy atom. The van der Waals surface area contributed by atoms with Crippen molar-refractivity contribution in [3.05, 3.63) is 24.0 Å². The molecule has 0 aromatic carbocycles. The summed E-state index contributed by atoms with van der Waals surface area (Å²) in [5.41, 5.74) is 2.10. The van der Waals surface area contributed by atoms with Crippen molar-refractivity contribution >= 4 is 5.69 Å². The predicted molar refractivity (Wildman–Crippen MR) is 60.8 cm³/mol. The molecule has 3 heteroatoms. The van der Waals surface area contributed by atoms with Gasteiger partial charge in [0.1, 0.15) is 0 Å². The van der Waals surface area contributed by atoms with Crippen LogP contribution in [0.15, 0.2) is 18.3 Å². The van der Waals surface area contributed by atoms with Crippen LogP contribution in [0.1, 0.15) is 31.4 Å². The quantitative estimate of drug-likeness (QED) is 0.822. The number of ether oxygens (including phenoxy) is 1. The average Bonchev–Trinajstić information content (AvgIpc) is 2.79. The molecule has 0 unspecified atom stereocenters. The summed E-state index contributed by atoms with van der Waals surface area (Å²) in [4.78, 5) is 4.28. The minimum atomic E-state index is 0.463. The van der Waals surface area contributed by atoms with Gasteiger partial charge in [-0.15, -0.1) is 0 Å². The molecule has 15 heavy (non-hydrogen) atoms. The Hall–Kier alpha value is -1.09. The van der Waals surface area contributed by atoms with Gasteiger partial charge in [0.05, 0.1) is 18.4 Å². The van der Waals surface area contributed by atoms with Gasteiger partial charge in [-0.3, -0.25) is 4.98 Å². The van der Waals surface area contributed by atoms with Crippen LogP contribution >= 0.6 is 0 Å². The topological polar surface area (TPSA) is 34.2 Å². The zero-order valence-corrected chi connectivity index (χ0v) is 9.20. The van der Waals surface area contributed by atoms with Crippen molar-refractivity contribution in [2.45, 2.75) is 38.4 Å². The maximum absolute atomic E-state index is 5.80. The summed E-state index contributed by atoms with van der Waals surface area (Å²) >= 11 is 0.